The highest BCUT2D eigenvalue weighted by atomic mass is 15.1. The Morgan fingerprint density at radius 1 is 1.44 bits per heavy atom. The molecule has 0 saturated carbocycles. The third-order valence-electron chi connectivity index (χ3n) is 3.84. The molecule has 1 saturated heterocycles. The summed E-state index contributed by atoms with van der Waals surface area (Å²) < 4.78 is 0. The highest BCUT2D eigenvalue weighted by Gasteiger charge is 2.18. The molecule has 0 amide bonds. The molecule has 1 unspecified atom stereocenters. The first-order valence-corrected chi connectivity index (χ1v) is 6.87. The van der Waals surface area contributed by atoms with Gasteiger partial charge in [-0.25, -0.2) is 0 Å². The van der Waals surface area contributed by atoms with E-state index in [1.54, 1.807) is 0 Å². The molecule has 3 nitrogen and oxygen atoms in total. The molecule has 18 heavy (non-hydrogen) atoms. The molecule has 0 aromatic heterocycles. The van der Waals surface area contributed by atoms with Crippen LogP contribution in [-0.4, -0.2) is 38.6 Å². The van der Waals surface area contributed by atoms with E-state index in [4.69, 9.17) is 5.73 Å². The first-order valence-electron chi connectivity index (χ1n) is 6.87. The maximum atomic E-state index is 5.70. The number of likely N-dealkylation sites (tertiary alicyclic amines) is 1. The van der Waals surface area contributed by atoms with Crippen molar-refractivity contribution < 1.29 is 0 Å². The minimum Gasteiger partial charge on any atom is -0.374 e. The molecule has 100 valence electrons. The van der Waals surface area contributed by atoms with E-state index in [1.165, 1.54) is 37.2 Å². The van der Waals surface area contributed by atoms with Crippen molar-refractivity contribution in [3.05, 3.63) is 29.8 Å². The van der Waals surface area contributed by atoms with Gasteiger partial charge in [-0.3, -0.25) is 0 Å². The summed E-state index contributed by atoms with van der Waals surface area (Å²) in [5, 5.41) is 0. The molecular weight excluding hydrogens is 222 g/mol. The number of piperidine rings is 1. The quantitative estimate of drug-likeness (QED) is 0.882. The predicted molar refractivity (Wildman–Crippen MR) is 77.8 cm³/mol. The molecule has 1 fully saturated rings. The number of hydrogen-bond acceptors (Lipinski definition) is 3. The normalized spacial score (nSPS) is 20.9. The fourth-order valence-corrected chi connectivity index (χ4v) is 2.84. The number of anilines is 1. The maximum Gasteiger partial charge on any atom is 0.0366 e. The molecule has 1 aliphatic rings. The van der Waals surface area contributed by atoms with Gasteiger partial charge in [0.25, 0.3) is 0 Å². The molecule has 2 rings (SSSR count). The van der Waals surface area contributed by atoms with Crippen molar-refractivity contribution >= 4 is 5.69 Å². The van der Waals surface area contributed by atoms with Crippen molar-refractivity contribution in [2.45, 2.75) is 19.4 Å². The van der Waals surface area contributed by atoms with Crippen molar-refractivity contribution in [2.24, 2.45) is 11.7 Å². The summed E-state index contributed by atoms with van der Waals surface area (Å²) in [6, 6.07) is 8.56. The summed E-state index contributed by atoms with van der Waals surface area (Å²) in [6.45, 7) is 4.23. The fraction of sp³-hybridized carbons (Fsp3) is 0.600. The summed E-state index contributed by atoms with van der Waals surface area (Å²) in [6.07, 6.45) is 2.68. The lowest BCUT2D eigenvalue weighted by Gasteiger charge is -2.33. The zero-order chi connectivity index (χ0) is 13.0. The lowest BCUT2D eigenvalue weighted by atomic mass is 9.98. The third kappa shape index (κ3) is 3.47. The summed E-state index contributed by atoms with van der Waals surface area (Å²) in [7, 11) is 4.41. The van der Waals surface area contributed by atoms with Crippen molar-refractivity contribution in [3.63, 3.8) is 0 Å². The number of nitrogens with zero attached hydrogens (tertiary/aromatic N) is 2. The average molecular weight is 247 g/mol. The Morgan fingerprint density at radius 3 is 3.00 bits per heavy atom. The van der Waals surface area contributed by atoms with Gasteiger partial charge in [-0.15, -0.1) is 0 Å². The molecule has 0 aliphatic carbocycles. The molecule has 0 radical (unpaired) electrons. The zero-order valence-electron chi connectivity index (χ0n) is 11.6. The van der Waals surface area contributed by atoms with E-state index in [9.17, 15) is 0 Å². The third-order valence-corrected chi connectivity index (χ3v) is 3.84. The van der Waals surface area contributed by atoms with E-state index in [0.29, 0.717) is 6.54 Å². The minimum atomic E-state index is 0.619. The van der Waals surface area contributed by atoms with Crippen LogP contribution in [0.5, 0.6) is 0 Å². The second kappa shape index (κ2) is 6.21. The molecule has 2 N–H and O–H groups in total. The van der Waals surface area contributed by atoms with Gasteiger partial charge in [0, 0.05) is 32.4 Å². The summed E-state index contributed by atoms with van der Waals surface area (Å²) in [4.78, 5) is 4.81. The molecule has 1 aliphatic heterocycles. The van der Waals surface area contributed by atoms with Gasteiger partial charge in [-0.05, 0) is 50.0 Å². The minimum absolute atomic E-state index is 0.619. The van der Waals surface area contributed by atoms with E-state index < -0.39 is 0 Å². The molecule has 1 aromatic rings. The van der Waals surface area contributed by atoms with Crippen LogP contribution in [0.1, 0.15) is 18.4 Å². The SMILES string of the molecule is CN1CCCC(CN(C)c2cccc(CN)c2)C1. The van der Waals surface area contributed by atoms with Crippen molar-refractivity contribution in [1.29, 1.82) is 0 Å². The van der Waals surface area contributed by atoms with Crippen LogP contribution >= 0.6 is 0 Å². The standard InChI is InChI=1S/C15H25N3/c1-17-8-4-6-14(11-17)12-18(2)15-7-3-5-13(9-15)10-16/h3,5,7,9,14H,4,6,8,10-12,16H2,1-2H3. The first kappa shape index (κ1) is 13.4. The van der Waals surface area contributed by atoms with Gasteiger partial charge in [-0.1, -0.05) is 12.1 Å². The lowest BCUT2D eigenvalue weighted by Crippen LogP contribution is -2.38. The highest BCUT2D eigenvalue weighted by Crippen LogP contribution is 2.20. The number of hydrogen-bond donors (Lipinski definition) is 1. The van der Waals surface area contributed by atoms with Gasteiger partial charge in [0.1, 0.15) is 0 Å². The van der Waals surface area contributed by atoms with E-state index in [-0.39, 0.29) is 0 Å². The Morgan fingerprint density at radius 2 is 2.28 bits per heavy atom. The van der Waals surface area contributed by atoms with Gasteiger partial charge in [0.2, 0.25) is 0 Å². The van der Waals surface area contributed by atoms with Gasteiger partial charge in [-0.2, -0.15) is 0 Å². The Balaban J connectivity index is 1.95. The van der Waals surface area contributed by atoms with Gasteiger partial charge in [0.05, 0.1) is 0 Å². The predicted octanol–water partition coefficient (Wildman–Crippen LogP) is 1.92. The summed E-state index contributed by atoms with van der Waals surface area (Å²) in [5.74, 6) is 0.787. The van der Waals surface area contributed by atoms with Crippen molar-refractivity contribution in [1.82, 2.24) is 4.90 Å². The van der Waals surface area contributed by atoms with Crippen molar-refractivity contribution in [3.8, 4) is 0 Å². The van der Waals surface area contributed by atoms with Gasteiger partial charge < -0.3 is 15.5 Å². The second-order valence-electron chi connectivity index (χ2n) is 5.53. The Hall–Kier alpha value is -1.06. The Labute approximate surface area is 111 Å². The van der Waals surface area contributed by atoms with Crippen LogP contribution in [0.15, 0.2) is 24.3 Å². The number of rotatable bonds is 4. The molecule has 1 atom stereocenters. The largest absolute Gasteiger partial charge is 0.374 e. The van der Waals surface area contributed by atoms with Crippen LogP contribution in [0.3, 0.4) is 0 Å². The topological polar surface area (TPSA) is 32.5 Å². The van der Waals surface area contributed by atoms with E-state index in [2.05, 4.69) is 48.2 Å². The summed E-state index contributed by atoms with van der Waals surface area (Å²) >= 11 is 0. The summed E-state index contributed by atoms with van der Waals surface area (Å²) in [5.41, 5.74) is 8.19. The molecule has 1 heterocycles. The zero-order valence-corrected chi connectivity index (χ0v) is 11.6. The van der Waals surface area contributed by atoms with E-state index in [1.807, 2.05) is 0 Å². The second-order valence-corrected chi connectivity index (χ2v) is 5.53. The van der Waals surface area contributed by atoms with E-state index in [0.717, 1.165) is 12.5 Å². The monoisotopic (exact) mass is 247 g/mol. The molecule has 0 bridgehead atoms. The molecular formula is C15H25N3. The van der Waals surface area contributed by atoms with Crippen LogP contribution < -0.4 is 10.6 Å². The first-order chi connectivity index (χ1) is 8.69. The maximum absolute atomic E-state index is 5.70. The number of benzene rings is 1. The van der Waals surface area contributed by atoms with Crippen LogP contribution in [-0.2, 0) is 6.54 Å². The average Bonchev–Trinajstić information content (AvgIpc) is 2.39. The van der Waals surface area contributed by atoms with Gasteiger partial charge >= 0.3 is 0 Å². The van der Waals surface area contributed by atoms with Crippen LogP contribution in [0.2, 0.25) is 0 Å². The number of nitrogens with two attached hydrogens (primary N) is 1. The van der Waals surface area contributed by atoms with Gasteiger partial charge in [0.15, 0.2) is 0 Å². The lowest BCUT2D eigenvalue weighted by molar-refractivity contribution is 0.213. The Bertz CT molecular complexity index is 378. The smallest absolute Gasteiger partial charge is 0.0366 e. The van der Waals surface area contributed by atoms with Crippen LogP contribution in [0, 0.1) is 5.92 Å². The van der Waals surface area contributed by atoms with Crippen LogP contribution in [0.4, 0.5) is 5.69 Å². The van der Waals surface area contributed by atoms with E-state index >= 15 is 0 Å². The molecule has 0 spiro atoms. The Kier molecular flexibility index (Phi) is 4.61. The highest BCUT2D eigenvalue weighted by molar-refractivity contribution is 5.47. The fourth-order valence-electron chi connectivity index (χ4n) is 2.84. The van der Waals surface area contributed by atoms with Crippen LogP contribution in [0.25, 0.3) is 0 Å². The van der Waals surface area contributed by atoms with Crippen molar-refractivity contribution in [2.75, 3.05) is 38.6 Å². The molecule has 1 aromatic carbocycles. The molecule has 3 heteroatoms.